The van der Waals surface area contributed by atoms with E-state index in [9.17, 15) is 0 Å². The third-order valence-corrected chi connectivity index (χ3v) is 3.35. The molecule has 1 aliphatic rings. The van der Waals surface area contributed by atoms with Gasteiger partial charge in [-0.25, -0.2) is 0 Å². The Labute approximate surface area is 101 Å². The summed E-state index contributed by atoms with van der Waals surface area (Å²) in [5.41, 5.74) is 1.16. The molecule has 1 aromatic heterocycles. The van der Waals surface area contributed by atoms with E-state index in [1.54, 1.807) is 0 Å². The van der Waals surface area contributed by atoms with E-state index in [0.717, 1.165) is 43.9 Å². The van der Waals surface area contributed by atoms with Crippen LogP contribution in [-0.4, -0.2) is 24.8 Å². The van der Waals surface area contributed by atoms with E-state index in [4.69, 9.17) is 9.47 Å². The highest BCUT2D eigenvalue weighted by atomic mass is 16.5. The van der Waals surface area contributed by atoms with Crippen molar-refractivity contribution in [3.05, 3.63) is 30.5 Å². The fraction of sp³-hybridized carbons (Fsp3) is 0.429. The van der Waals surface area contributed by atoms with Crippen molar-refractivity contribution >= 4 is 10.9 Å². The Bertz CT molecular complexity index is 486. The van der Waals surface area contributed by atoms with Crippen LogP contribution in [0, 0.1) is 5.92 Å². The van der Waals surface area contributed by atoms with E-state index in [1.165, 1.54) is 5.39 Å². The number of ether oxygens (including phenoxy) is 2. The topological polar surface area (TPSA) is 34.2 Å². The van der Waals surface area contributed by atoms with Crippen molar-refractivity contribution < 1.29 is 9.47 Å². The molecule has 0 spiro atoms. The summed E-state index contributed by atoms with van der Waals surface area (Å²) in [6.07, 6.45) is 4.19. The van der Waals surface area contributed by atoms with Gasteiger partial charge >= 0.3 is 0 Å². The van der Waals surface area contributed by atoms with E-state index in [0.29, 0.717) is 5.92 Å². The number of H-pyrrole nitrogens is 1. The maximum Gasteiger partial charge on any atom is 0.120 e. The molecule has 2 heterocycles. The van der Waals surface area contributed by atoms with Gasteiger partial charge in [0.1, 0.15) is 5.75 Å². The average Bonchev–Trinajstić information content (AvgIpc) is 2.85. The first-order chi connectivity index (χ1) is 8.42. The molecule has 0 unspecified atom stereocenters. The zero-order valence-electron chi connectivity index (χ0n) is 9.82. The summed E-state index contributed by atoms with van der Waals surface area (Å²) in [5.74, 6) is 1.61. The predicted octanol–water partition coefficient (Wildman–Crippen LogP) is 2.97. The average molecular weight is 231 g/mol. The van der Waals surface area contributed by atoms with Crippen LogP contribution >= 0.6 is 0 Å². The first-order valence-corrected chi connectivity index (χ1v) is 6.19. The lowest BCUT2D eigenvalue weighted by Crippen LogP contribution is -2.21. The standard InChI is InChI=1S/C14H17NO2/c1-2-14-12(3-6-15-14)9-13(1)17-10-11-4-7-16-8-5-11/h1-3,6,9,11,15H,4-5,7-8,10H2. The van der Waals surface area contributed by atoms with Crippen molar-refractivity contribution in [1.82, 2.24) is 4.98 Å². The van der Waals surface area contributed by atoms with Gasteiger partial charge in [0.25, 0.3) is 0 Å². The normalized spacial score (nSPS) is 17.4. The lowest BCUT2D eigenvalue weighted by molar-refractivity contribution is 0.0498. The quantitative estimate of drug-likeness (QED) is 0.881. The third kappa shape index (κ3) is 2.44. The molecule has 0 bridgehead atoms. The monoisotopic (exact) mass is 231 g/mol. The van der Waals surface area contributed by atoms with E-state index >= 15 is 0 Å². The second-order valence-corrected chi connectivity index (χ2v) is 4.59. The Morgan fingerprint density at radius 2 is 2.12 bits per heavy atom. The smallest absolute Gasteiger partial charge is 0.120 e. The van der Waals surface area contributed by atoms with Crippen molar-refractivity contribution in [2.75, 3.05) is 19.8 Å². The summed E-state index contributed by atoms with van der Waals surface area (Å²) in [6.45, 7) is 2.56. The van der Waals surface area contributed by atoms with Crippen LogP contribution in [0.1, 0.15) is 12.8 Å². The summed E-state index contributed by atoms with van der Waals surface area (Å²) in [4.78, 5) is 3.18. The second kappa shape index (κ2) is 4.80. The molecule has 3 nitrogen and oxygen atoms in total. The molecule has 3 heteroatoms. The first kappa shape index (κ1) is 10.7. The van der Waals surface area contributed by atoms with Crippen LogP contribution in [0.25, 0.3) is 10.9 Å². The highest BCUT2D eigenvalue weighted by molar-refractivity contribution is 5.80. The van der Waals surface area contributed by atoms with Gasteiger partial charge in [-0.05, 0) is 43.0 Å². The summed E-state index contributed by atoms with van der Waals surface area (Å²) < 4.78 is 11.2. The minimum atomic E-state index is 0.644. The Kier molecular flexibility index (Phi) is 3.01. The van der Waals surface area contributed by atoms with Gasteiger partial charge in [0.15, 0.2) is 0 Å². The van der Waals surface area contributed by atoms with E-state index in [2.05, 4.69) is 23.2 Å². The highest BCUT2D eigenvalue weighted by Gasteiger charge is 2.14. The number of hydrogen-bond donors (Lipinski definition) is 1. The molecule has 0 saturated carbocycles. The van der Waals surface area contributed by atoms with Crippen LogP contribution in [0.4, 0.5) is 0 Å². The molecule has 90 valence electrons. The number of fused-ring (bicyclic) bond motifs is 1. The number of aromatic nitrogens is 1. The largest absolute Gasteiger partial charge is 0.493 e. The maximum absolute atomic E-state index is 5.85. The van der Waals surface area contributed by atoms with E-state index in [-0.39, 0.29) is 0 Å². The number of aromatic amines is 1. The van der Waals surface area contributed by atoms with Crippen LogP contribution in [0.2, 0.25) is 0 Å². The molecule has 17 heavy (non-hydrogen) atoms. The molecule has 0 radical (unpaired) electrons. The van der Waals surface area contributed by atoms with E-state index < -0.39 is 0 Å². The van der Waals surface area contributed by atoms with Gasteiger partial charge in [-0.15, -0.1) is 0 Å². The van der Waals surface area contributed by atoms with Crippen LogP contribution in [0.5, 0.6) is 5.75 Å². The van der Waals surface area contributed by atoms with Crippen LogP contribution in [-0.2, 0) is 4.74 Å². The summed E-state index contributed by atoms with van der Waals surface area (Å²) in [5, 5.41) is 1.20. The zero-order chi connectivity index (χ0) is 11.5. The molecule has 3 rings (SSSR count). The Morgan fingerprint density at radius 1 is 1.24 bits per heavy atom. The number of benzene rings is 1. The van der Waals surface area contributed by atoms with Gasteiger partial charge in [0.2, 0.25) is 0 Å². The minimum absolute atomic E-state index is 0.644. The summed E-state index contributed by atoms with van der Waals surface area (Å²) >= 11 is 0. The van der Waals surface area contributed by atoms with Crippen LogP contribution < -0.4 is 4.74 Å². The van der Waals surface area contributed by atoms with Gasteiger partial charge in [-0.2, -0.15) is 0 Å². The van der Waals surface area contributed by atoms with E-state index in [1.807, 2.05) is 12.3 Å². The Balaban J connectivity index is 1.63. The maximum atomic E-state index is 5.85. The van der Waals surface area contributed by atoms with Crippen molar-refractivity contribution in [3.8, 4) is 5.75 Å². The van der Waals surface area contributed by atoms with Gasteiger partial charge in [-0.1, -0.05) is 0 Å². The predicted molar refractivity (Wildman–Crippen MR) is 67.3 cm³/mol. The van der Waals surface area contributed by atoms with Gasteiger partial charge in [0.05, 0.1) is 6.61 Å². The zero-order valence-corrected chi connectivity index (χ0v) is 9.82. The highest BCUT2D eigenvalue weighted by Crippen LogP contribution is 2.22. The van der Waals surface area contributed by atoms with Gasteiger partial charge < -0.3 is 14.5 Å². The molecular weight excluding hydrogens is 214 g/mol. The molecule has 1 fully saturated rings. The molecule has 0 atom stereocenters. The van der Waals surface area contributed by atoms with Crippen molar-refractivity contribution in [2.24, 2.45) is 5.92 Å². The molecule has 0 aliphatic carbocycles. The molecule has 2 aromatic rings. The summed E-state index contributed by atoms with van der Waals surface area (Å²) in [7, 11) is 0. The fourth-order valence-corrected chi connectivity index (χ4v) is 2.25. The SMILES string of the molecule is c1cc2cc(OCC3CCOCC3)ccc2[nH]1. The number of hydrogen-bond acceptors (Lipinski definition) is 2. The molecule has 1 aliphatic heterocycles. The van der Waals surface area contributed by atoms with Crippen molar-refractivity contribution in [3.63, 3.8) is 0 Å². The van der Waals surface area contributed by atoms with Crippen molar-refractivity contribution in [1.29, 1.82) is 0 Å². The Hall–Kier alpha value is -1.48. The molecule has 0 amide bonds. The number of nitrogens with one attached hydrogen (secondary N) is 1. The molecule has 1 N–H and O–H groups in total. The molecule has 1 saturated heterocycles. The van der Waals surface area contributed by atoms with Crippen LogP contribution in [0.15, 0.2) is 30.5 Å². The van der Waals surface area contributed by atoms with Gasteiger partial charge in [0, 0.05) is 30.3 Å². The first-order valence-electron chi connectivity index (χ1n) is 6.19. The Morgan fingerprint density at radius 3 is 3.00 bits per heavy atom. The third-order valence-electron chi connectivity index (χ3n) is 3.35. The number of rotatable bonds is 3. The molecular formula is C14H17NO2. The fourth-order valence-electron chi connectivity index (χ4n) is 2.25. The lowest BCUT2D eigenvalue weighted by atomic mass is 10.0. The summed E-state index contributed by atoms with van der Waals surface area (Å²) in [6, 6.07) is 8.24. The van der Waals surface area contributed by atoms with Crippen molar-refractivity contribution in [2.45, 2.75) is 12.8 Å². The minimum Gasteiger partial charge on any atom is -0.493 e. The van der Waals surface area contributed by atoms with Crippen LogP contribution in [0.3, 0.4) is 0 Å². The lowest BCUT2D eigenvalue weighted by Gasteiger charge is -2.22. The second-order valence-electron chi connectivity index (χ2n) is 4.59. The van der Waals surface area contributed by atoms with Gasteiger partial charge in [-0.3, -0.25) is 0 Å². The molecule has 1 aromatic carbocycles.